The van der Waals surface area contributed by atoms with E-state index in [1.165, 1.54) is 18.9 Å². The molecule has 0 bridgehead atoms. The van der Waals surface area contributed by atoms with Gasteiger partial charge in [0.15, 0.2) is 0 Å². The first-order valence-corrected chi connectivity index (χ1v) is 6.43. The second kappa shape index (κ2) is 5.89. The van der Waals surface area contributed by atoms with Crippen molar-refractivity contribution in [1.82, 2.24) is 5.32 Å². The molecule has 0 radical (unpaired) electrons. The van der Waals surface area contributed by atoms with Crippen LogP contribution in [0.15, 0.2) is 24.3 Å². The summed E-state index contributed by atoms with van der Waals surface area (Å²) in [6.45, 7) is 0.705. The predicted molar refractivity (Wildman–Crippen MR) is 73.2 cm³/mol. The van der Waals surface area contributed by atoms with E-state index in [0.29, 0.717) is 28.6 Å². The smallest absolute Gasteiger partial charge is 0.328 e. The highest BCUT2D eigenvalue weighted by Gasteiger charge is 2.21. The number of carbonyl (C=O) groups excluding carboxylic acids is 1. The summed E-state index contributed by atoms with van der Waals surface area (Å²) >= 11 is 6.01. The Morgan fingerprint density at radius 2 is 2.16 bits per heavy atom. The van der Waals surface area contributed by atoms with Crippen molar-refractivity contribution in [2.24, 2.45) is 5.92 Å². The van der Waals surface area contributed by atoms with E-state index >= 15 is 0 Å². The summed E-state index contributed by atoms with van der Waals surface area (Å²) < 4.78 is 0. The van der Waals surface area contributed by atoms with Gasteiger partial charge < -0.3 is 10.4 Å². The van der Waals surface area contributed by atoms with Gasteiger partial charge in [0, 0.05) is 23.2 Å². The van der Waals surface area contributed by atoms with E-state index in [4.69, 9.17) is 16.7 Å². The summed E-state index contributed by atoms with van der Waals surface area (Å²) in [6.07, 6.45) is 4.77. The van der Waals surface area contributed by atoms with Crippen LogP contribution in [0.1, 0.15) is 28.8 Å². The van der Waals surface area contributed by atoms with Crippen LogP contribution in [-0.2, 0) is 4.79 Å². The largest absolute Gasteiger partial charge is 0.478 e. The van der Waals surface area contributed by atoms with Crippen LogP contribution in [0.5, 0.6) is 0 Å². The van der Waals surface area contributed by atoms with E-state index in [2.05, 4.69) is 5.32 Å². The minimum atomic E-state index is -1.04. The van der Waals surface area contributed by atoms with E-state index in [0.717, 1.165) is 6.08 Å². The molecule has 1 aliphatic rings. The molecular weight excluding hydrogens is 266 g/mol. The van der Waals surface area contributed by atoms with Gasteiger partial charge in [0.2, 0.25) is 0 Å². The number of nitrogens with one attached hydrogen (secondary N) is 1. The normalized spacial score (nSPS) is 14.6. The van der Waals surface area contributed by atoms with Crippen LogP contribution in [0.3, 0.4) is 0 Å². The summed E-state index contributed by atoms with van der Waals surface area (Å²) in [4.78, 5) is 22.2. The van der Waals surface area contributed by atoms with Crippen molar-refractivity contribution in [3.05, 3.63) is 40.4 Å². The SMILES string of the molecule is O=C(O)/C=C/c1ccc(C(=O)NCC2CC2)cc1Cl. The molecule has 0 heterocycles. The zero-order valence-electron chi connectivity index (χ0n) is 10.2. The number of hydrogen-bond donors (Lipinski definition) is 2. The van der Waals surface area contributed by atoms with Gasteiger partial charge in [0.25, 0.3) is 5.91 Å². The number of amides is 1. The third-order valence-corrected chi connectivity index (χ3v) is 3.24. The molecule has 1 aromatic carbocycles. The zero-order valence-corrected chi connectivity index (χ0v) is 11.0. The van der Waals surface area contributed by atoms with Gasteiger partial charge >= 0.3 is 5.97 Å². The van der Waals surface area contributed by atoms with Crippen molar-refractivity contribution in [2.75, 3.05) is 6.54 Å². The van der Waals surface area contributed by atoms with Crippen molar-refractivity contribution in [3.63, 3.8) is 0 Å². The summed E-state index contributed by atoms with van der Waals surface area (Å²) in [5.41, 5.74) is 1.06. The third-order valence-electron chi connectivity index (χ3n) is 2.92. The van der Waals surface area contributed by atoms with E-state index in [9.17, 15) is 9.59 Å². The van der Waals surface area contributed by atoms with Gasteiger partial charge in [-0.05, 0) is 42.5 Å². The van der Waals surface area contributed by atoms with Gasteiger partial charge in [-0.15, -0.1) is 0 Å². The van der Waals surface area contributed by atoms with Crippen molar-refractivity contribution >= 4 is 29.6 Å². The minimum absolute atomic E-state index is 0.150. The van der Waals surface area contributed by atoms with Crippen LogP contribution in [0.2, 0.25) is 5.02 Å². The minimum Gasteiger partial charge on any atom is -0.478 e. The molecule has 5 heteroatoms. The van der Waals surface area contributed by atoms with Crippen LogP contribution in [0.4, 0.5) is 0 Å². The fourth-order valence-corrected chi connectivity index (χ4v) is 1.87. The van der Waals surface area contributed by atoms with E-state index < -0.39 is 5.97 Å². The molecule has 2 N–H and O–H groups in total. The molecule has 100 valence electrons. The highest BCUT2D eigenvalue weighted by Crippen LogP contribution is 2.27. The summed E-state index contributed by atoms with van der Waals surface area (Å²) in [5.74, 6) is -0.568. The summed E-state index contributed by atoms with van der Waals surface area (Å²) in [7, 11) is 0. The third kappa shape index (κ3) is 4.10. The molecular formula is C14H14ClNO3. The topological polar surface area (TPSA) is 66.4 Å². The Balaban J connectivity index is 2.04. The van der Waals surface area contributed by atoms with Crippen molar-refractivity contribution in [2.45, 2.75) is 12.8 Å². The average molecular weight is 280 g/mol. The standard InChI is InChI=1S/C14H14ClNO3/c15-12-7-11(14(19)16-8-9-1-2-9)4-3-10(12)5-6-13(17)18/h3-7,9H,1-2,8H2,(H,16,19)(H,17,18)/b6-5+. The first-order valence-electron chi connectivity index (χ1n) is 6.05. The Kier molecular flexibility index (Phi) is 4.22. The Morgan fingerprint density at radius 1 is 1.42 bits per heavy atom. The lowest BCUT2D eigenvalue weighted by atomic mass is 10.1. The molecule has 1 amide bonds. The molecule has 0 atom stereocenters. The van der Waals surface area contributed by atoms with Crippen molar-refractivity contribution in [1.29, 1.82) is 0 Å². The molecule has 1 aliphatic carbocycles. The number of carboxylic acids is 1. The first kappa shape index (κ1) is 13.6. The van der Waals surface area contributed by atoms with Gasteiger partial charge in [-0.1, -0.05) is 17.7 Å². The lowest BCUT2D eigenvalue weighted by Gasteiger charge is -2.05. The number of carbonyl (C=O) groups is 2. The number of hydrogen-bond acceptors (Lipinski definition) is 2. The summed E-state index contributed by atoms with van der Waals surface area (Å²) in [6, 6.07) is 4.81. The highest BCUT2D eigenvalue weighted by atomic mass is 35.5. The quantitative estimate of drug-likeness (QED) is 0.814. The van der Waals surface area contributed by atoms with Crippen molar-refractivity contribution < 1.29 is 14.7 Å². The van der Waals surface area contributed by atoms with Gasteiger partial charge in [-0.2, -0.15) is 0 Å². The molecule has 4 nitrogen and oxygen atoms in total. The van der Waals surface area contributed by atoms with Gasteiger partial charge in [0.05, 0.1) is 0 Å². The van der Waals surface area contributed by atoms with Crippen LogP contribution < -0.4 is 5.32 Å². The molecule has 1 aromatic rings. The number of benzene rings is 1. The number of carboxylic acid groups (broad SMARTS) is 1. The summed E-state index contributed by atoms with van der Waals surface area (Å²) in [5, 5.41) is 11.7. The predicted octanol–water partition coefficient (Wildman–Crippen LogP) is 2.58. The molecule has 0 unspecified atom stereocenters. The van der Waals surface area contributed by atoms with Crippen LogP contribution in [0.25, 0.3) is 6.08 Å². The average Bonchev–Trinajstić information content (AvgIpc) is 3.18. The molecule has 0 aliphatic heterocycles. The Labute approximate surface area is 116 Å². The van der Waals surface area contributed by atoms with Crippen LogP contribution in [0, 0.1) is 5.92 Å². The van der Waals surface area contributed by atoms with E-state index in [1.54, 1.807) is 18.2 Å². The lowest BCUT2D eigenvalue weighted by molar-refractivity contribution is -0.131. The number of aliphatic carboxylic acids is 1. The maximum absolute atomic E-state index is 11.8. The maximum Gasteiger partial charge on any atom is 0.328 e. The molecule has 0 aromatic heterocycles. The Morgan fingerprint density at radius 3 is 2.74 bits per heavy atom. The van der Waals surface area contributed by atoms with Crippen LogP contribution >= 0.6 is 11.6 Å². The second-order valence-corrected chi connectivity index (χ2v) is 4.97. The molecule has 1 fully saturated rings. The fraction of sp³-hybridized carbons (Fsp3) is 0.286. The molecule has 0 saturated heterocycles. The molecule has 1 saturated carbocycles. The zero-order chi connectivity index (χ0) is 13.8. The maximum atomic E-state index is 11.8. The highest BCUT2D eigenvalue weighted by molar-refractivity contribution is 6.32. The number of halogens is 1. The Hall–Kier alpha value is -1.81. The molecule has 19 heavy (non-hydrogen) atoms. The van der Waals surface area contributed by atoms with Gasteiger partial charge in [0.1, 0.15) is 0 Å². The lowest BCUT2D eigenvalue weighted by Crippen LogP contribution is -2.25. The van der Waals surface area contributed by atoms with Crippen molar-refractivity contribution in [3.8, 4) is 0 Å². The Bertz CT molecular complexity index is 535. The van der Waals surface area contributed by atoms with Gasteiger partial charge in [-0.3, -0.25) is 4.79 Å². The van der Waals surface area contributed by atoms with Gasteiger partial charge in [-0.25, -0.2) is 4.79 Å². The number of rotatable bonds is 5. The second-order valence-electron chi connectivity index (χ2n) is 4.56. The monoisotopic (exact) mass is 279 g/mol. The van der Waals surface area contributed by atoms with Crippen LogP contribution in [-0.4, -0.2) is 23.5 Å². The molecule has 2 rings (SSSR count). The van der Waals surface area contributed by atoms with E-state index in [1.807, 2.05) is 0 Å². The first-order chi connectivity index (χ1) is 9.06. The van der Waals surface area contributed by atoms with E-state index in [-0.39, 0.29) is 5.91 Å². The molecule has 0 spiro atoms. The fourth-order valence-electron chi connectivity index (χ4n) is 1.63.